The van der Waals surface area contributed by atoms with Crippen LogP contribution in [0.2, 0.25) is 0 Å². The normalized spacial score (nSPS) is 20.9. The molecule has 1 unspecified atom stereocenters. The predicted octanol–water partition coefficient (Wildman–Crippen LogP) is -1.04. The Bertz CT molecular complexity index is 348. The highest BCUT2D eigenvalue weighted by Gasteiger charge is 2.23. The number of morpholine rings is 1. The zero-order valence-corrected chi connectivity index (χ0v) is 8.83. The third kappa shape index (κ3) is 2.21. The van der Waals surface area contributed by atoms with Gasteiger partial charge in [-0.1, -0.05) is 0 Å². The van der Waals surface area contributed by atoms with E-state index in [0.29, 0.717) is 31.4 Å². The van der Waals surface area contributed by atoms with Crippen molar-refractivity contribution >= 4 is 11.6 Å². The molecule has 0 radical (unpaired) electrons. The van der Waals surface area contributed by atoms with Gasteiger partial charge in [0.1, 0.15) is 5.82 Å². The average molecular weight is 225 g/mol. The number of nitrogens with zero attached hydrogens (tertiary/aromatic N) is 3. The molecule has 0 saturated carbocycles. The molecule has 0 spiro atoms. The summed E-state index contributed by atoms with van der Waals surface area (Å²) < 4.78 is 5.29. The summed E-state index contributed by atoms with van der Waals surface area (Å²) in [6.07, 6.45) is 3.19. The van der Waals surface area contributed by atoms with Gasteiger partial charge >= 0.3 is 0 Å². The smallest absolute Gasteiger partial charge is 0.160 e. The molecule has 1 aromatic heterocycles. The van der Waals surface area contributed by atoms with Gasteiger partial charge < -0.3 is 20.2 Å². The third-order valence-electron chi connectivity index (χ3n) is 2.50. The first-order valence-electron chi connectivity index (χ1n) is 5.09. The van der Waals surface area contributed by atoms with E-state index in [0.717, 1.165) is 0 Å². The van der Waals surface area contributed by atoms with Crippen molar-refractivity contribution in [3.05, 3.63) is 12.4 Å². The minimum atomic E-state index is -0.0731. The fourth-order valence-electron chi connectivity index (χ4n) is 1.67. The quantitative estimate of drug-likeness (QED) is 0.446. The molecule has 1 aliphatic rings. The first-order valence-corrected chi connectivity index (χ1v) is 5.09. The Hall–Kier alpha value is -1.44. The van der Waals surface area contributed by atoms with Crippen LogP contribution in [-0.2, 0) is 4.74 Å². The Labute approximate surface area is 93.2 Å². The van der Waals surface area contributed by atoms with Crippen LogP contribution in [0.15, 0.2) is 12.4 Å². The van der Waals surface area contributed by atoms with Crippen molar-refractivity contribution in [3.8, 4) is 0 Å². The standard InChI is InChI=1S/C9H15N5O2/c10-13-8-3-11-4-9(12-8)14-1-2-16-6-7(14)5-15/h3-4,7,15H,1-2,5-6,10H2,(H,12,13). The Morgan fingerprint density at radius 2 is 2.50 bits per heavy atom. The first-order chi connectivity index (χ1) is 7.85. The highest BCUT2D eigenvalue weighted by molar-refractivity contribution is 5.44. The maximum atomic E-state index is 9.24. The summed E-state index contributed by atoms with van der Waals surface area (Å²) in [7, 11) is 0. The van der Waals surface area contributed by atoms with Crippen molar-refractivity contribution in [1.82, 2.24) is 9.97 Å². The van der Waals surface area contributed by atoms with Gasteiger partial charge in [0.15, 0.2) is 5.82 Å². The second-order valence-electron chi connectivity index (χ2n) is 3.51. The maximum Gasteiger partial charge on any atom is 0.160 e. The number of nitrogen functional groups attached to an aromatic ring is 1. The Kier molecular flexibility index (Phi) is 3.50. The van der Waals surface area contributed by atoms with Crippen LogP contribution in [0, 0.1) is 0 Å². The second kappa shape index (κ2) is 5.06. The summed E-state index contributed by atoms with van der Waals surface area (Å²) in [6, 6.07) is -0.0731. The summed E-state index contributed by atoms with van der Waals surface area (Å²) in [5.74, 6) is 6.46. The molecule has 2 rings (SSSR count). The van der Waals surface area contributed by atoms with Crippen LogP contribution in [-0.4, -0.2) is 47.5 Å². The lowest BCUT2D eigenvalue weighted by Gasteiger charge is -2.35. The SMILES string of the molecule is NNc1cncc(N2CCOCC2CO)n1. The molecule has 7 nitrogen and oxygen atoms in total. The predicted molar refractivity (Wildman–Crippen MR) is 58.9 cm³/mol. The molecule has 1 saturated heterocycles. The molecule has 1 aliphatic heterocycles. The van der Waals surface area contributed by atoms with Crippen molar-refractivity contribution in [2.24, 2.45) is 5.84 Å². The number of aromatic nitrogens is 2. The summed E-state index contributed by atoms with van der Waals surface area (Å²) in [6.45, 7) is 1.84. The molecular formula is C9H15N5O2. The van der Waals surface area contributed by atoms with Crippen LogP contribution in [0.1, 0.15) is 0 Å². The first kappa shape index (κ1) is 11.1. The minimum absolute atomic E-state index is 0.0297. The second-order valence-corrected chi connectivity index (χ2v) is 3.51. The number of nitrogens with two attached hydrogens (primary N) is 1. The van der Waals surface area contributed by atoms with Gasteiger partial charge in [-0.2, -0.15) is 0 Å². The van der Waals surface area contributed by atoms with Gasteiger partial charge in [0, 0.05) is 6.54 Å². The Morgan fingerprint density at radius 3 is 3.25 bits per heavy atom. The average Bonchev–Trinajstić information content (AvgIpc) is 2.38. The number of hydrazine groups is 1. The number of aliphatic hydroxyl groups excluding tert-OH is 1. The highest BCUT2D eigenvalue weighted by atomic mass is 16.5. The molecule has 0 aromatic carbocycles. The van der Waals surface area contributed by atoms with Gasteiger partial charge in [0.05, 0.1) is 38.3 Å². The van der Waals surface area contributed by atoms with Crippen molar-refractivity contribution in [2.45, 2.75) is 6.04 Å². The van der Waals surface area contributed by atoms with Crippen LogP contribution >= 0.6 is 0 Å². The van der Waals surface area contributed by atoms with Crippen molar-refractivity contribution in [1.29, 1.82) is 0 Å². The van der Waals surface area contributed by atoms with Crippen molar-refractivity contribution in [3.63, 3.8) is 0 Å². The highest BCUT2D eigenvalue weighted by Crippen LogP contribution is 2.17. The zero-order valence-electron chi connectivity index (χ0n) is 8.83. The number of anilines is 2. The maximum absolute atomic E-state index is 9.24. The molecule has 1 atom stereocenters. The van der Waals surface area contributed by atoms with Crippen LogP contribution in [0.4, 0.5) is 11.6 Å². The van der Waals surface area contributed by atoms with Crippen LogP contribution in [0.25, 0.3) is 0 Å². The molecule has 0 bridgehead atoms. The van der Waals surface area contributed by atoms with Gasteiger partial charge in [-0.25, -0.2) is 10.8 Å². The van der Waals surface area contributed by atoms with E-state index in [4.69, 9.17) is 10.6 Å². The number of hydrogen-bond donors (Lipinski definition) is 3. The van der Waals surface area contributed by atoms with E-state index in [1.54, 1.807) is 6.20 Å². The number of ether oxygens (including phenoxy) is 1. The number of hydrogen-bond acceptors (Lipinski definition) is 7. The molecule has 0 aliphatic carbocycles. The number of rotatable bonds is 3. The molecule has 1 aromatic rings. The molecular weight excluding hydrogens is 210 g/mol. The summed E-state index contributed by atoms with van der Waals surface area (Å²) >= 11 is 0. The lowest BCUT2D eigenvalue weighted by molar-refractivity contribution is 0.0722. The Balaban J connectivity index is 2.20. The molecule has 2 heterocycles. The molecule has 16 heavy (non-hydrogen) atoms. The van der Waals surface area contributed by atoms with E-state index in [1.807, 2.05) is 4.90 Å². The van der Waals surface area contributed by atoms with E-state index in [-0.39, 0.29) is 12.6 Å². The molecule has 4 N–H and O–H groups in total. The van der Waals surface area contributed by atoms with Crippen LogP contribution in [0.5, 0.6) is 0 Å². The molecule has 0 amide bonds. The van der Waals surface area contributed by atoms with E-state index < -0.39 is 0 Å². The fraction of sp³-hybridized carbons (Fsp3) is 0.556. The van der Waals surface area contributed by atoms with E-state index in [9.17, 15) is 5.11 Å². The van der Waals surface area contributed by atoms with Crippen molar-refractivity contribution in [2.75, 3.05) is 36.7 Å². The largest absolute Gasteiger partial charge is 0.394 e. The van der Waals surface area contributed by atoms with E-state index in [1.165, 1.54) is 6.20 Å². The third-order valence-corrected chi connectivity index (χ3v) is 2.50. The van der Waals surface area contributed by atoms with Gasteiger partial charge in [-0.15, -0.1) is 0 Å². The topological polar surface area (TPSA) is 96.5 Å². The summed E-state index contributed by atoms with van der Waals surface area (Å²) in [4.78, 5) is 10.3. The monoisotopic (exact) mass is 225 g/mol. The molecule has 1 fully saturated rings. The minimum Gasteiger partial charge on any atom is -0.394 e. The van der Waals surface area contributed by atoms with Crippen LogP contribution in [0.3, 0.4) is 0 Å². The lowest BCUT2D eigenvalue weighted by Crippen LogP contribution is -2.48. The van der Waals surface area contributed by atoms with Crippen molar-refractivity contribution < 1.29 is 9.84 Å². The lowest BCUT2D eigenvalue weighted by atomic mass is 10.2. The number of aliphatic hydroxyl groups is 1. The van der Waals surface area contributed by atoms with Gasteiger partial charge in [0.2, 0.25) is 0 Å². The van der Waals surface area contributed by atoms with E-state index >= 15 is 0 Å². The van der Waals surface area contributed by atoms with Gasteiger partial charge in [-0.3, -0.25) is 4.98 Å². The summed E-state index contributed by atoms with van der Waals surface area (Å²) in [5, 5.41) is 9.24. The number of nitrogens with one attached hydrogen (secondary N) is 1. The molecule has 7 heteroatoms. The Morgan fingerprint density at radius 1 is 1.62 bits per heavy atom. The summed E-state index contributed by atoms with van der Waals surface area (Å²) in [5.41, 5.74) is 2.45. The zero-order chi connectivity index (χ0) is 11.4. The fourth-order valence-corrected chi connectivity index (χ4v) is 1.67. The van der Waals surface area contributed by atoms with Gasteiger partial charge in [0.25, 0.3) is 0 Å². The van der Waals surface area contributed by atoms with Crippen LogP contribution < -0.4 is 16.2 Å². The van der Waals surface area contributed by atoms with Gasteiger partial charge in [-0.05, 0) is 0 Å². The van der Waals surface area contributed by atoms with E-state index in [2.05, 4.69) is 15.4 Å². The molecule has 88 valence electrons.